The molecule has 0 spiro atoms. The lowest BCUT2D eigenvalue weighted by Crippen LogP contribution is -2.59. The van der Waals surface area contributed by atoms with E-state index in [9.17, 15) is 19.8 Å². The van der Waals surface area contributed by atoms with E-state index in [1.807, 2.05) is 0 Å². The Balaban J connectivity index is 1.89. The van der Waals surface area contributed by atoms with E-state index in [4.69, 9.17) is 13.9 Å². The second kappa shape index (κ2) is 7.45. The Morgan fingerprint density at radius 1 is 1.38 bits per heavy atom. The number of rotatable bonds is 4. The van der Waals surface area contributed by atoms with Crippen LogP contribution in [0.4, 0.5) is 0 Å². The molecule has 1 aromatic heterocycles. The molecule has 1 unspecified atom stereocenters. The Labute approximate surface area is 149 Å². The van der Waals surface area contributed by atoms with Crippen LogP contribution in [0, 0.1) is 6.92 Å². The van der Waals surface area contributed by atoms with Crippen LogP contribution in [0.5, 0.6) is 5.75 Å². The number of benzene rings is 1. The summed E-state index contributed by atoms with van der Waals surface area (Å²) in [5.74, 6) is 0.00576. The zero-order valence-electron chi connectivity index (χ0n) is 14.5. The van der Waals surface area contributed by atoms with Gasteiger partial charge in [0, 0.05) is 30.9 Å². The minimum absolute atomic E-state index is 0.174. The summed E-state index contributed by atoms with van der Waals surface area (Å²) >= 11 is 0. The van der Waals surface area contributed by atoms with E-state index in [1.165, 1.54) is 13.0 Å². The van der Waals surface area contributed by atoms with Gasteiger partial charge in [-0.05, 0) is 24.6 Å². The van der Waals surface area contributed by atoms with Crippen LogP contribution in [-0.2, 0) is 9.53 Å². The van der Waals surface area contributed by atoms with Gasteiger partial charge in [0.25, 0.3) is 0 Å². The standard InChI is InChI=1S/C18H21NO7/c1-9-5-16(23)26-15-7-11(3-4-13(9)15)24-18-17(19-10(2)21)14(22)6-12(8-20)25-18/h3-5,7,12,14,17-18,20,22H,6,8H2,1-2H3,(H,19,21)/t12?,14-,17+,18+/m0/s1. The van der Waals surface area contributed by atoms with E-state index in [2.05, 4.69) is 5.32 Å². The third-order valence-electron chi connectivity index (χ3n) is 4.29. The van der Waals surface area contributed by atoms with Crippen molar-refractivity contribution in [3.8, 4) is 5.75 Å². The average Bonchev–Trinajstić information content (AvgIpc) is 2.56. The highest BCUT2D eigenvalue weighted by atomic mass is 16.7. The highest BCUT2D eigenvalue weighted by Gasteiger charge is 2.39. The predicted octanol–water partition coefficient (Wildman–Crippen LogP) is 0.453. The first-order valence-electron chi connectivity index (χ1n) is 8.30. The maximum Gasteiger partial charge on any atom is 0.336 e. The maximum absolute atomic E-state index is 11.6. The molecule has 2 heterocycles. The van der Waals surface area contributed by atoms with E-state index >= 15 is 0 Å². The number of nitrogens with one attached hydrogen (secondary N) is 1. The molecule has 0 aliphatic carbocycles. The largest absolute Gasteiger partial charge is 0.462 e. The molecule has 1 fully saturated rings. The molecule has 1 aromatic carbocycles. The minimum Gasteiger partial charge on any atom is -0.462 e. The highest BCUT2D eigenvalue weighted by Crippen LogP contribution is 2.27. The van der Waals surface area contributed by atoms with Gasteiger partial charge in [0.15, 0.2) is 0 Å². The lowest BCUT2D eigenvalue weighted by Gasteiger charge is -2.39. The van der Waals surface area contributed by atoms with E-state index in [1.54, 1.807) is 25.1 Å². The first kappa shape index (κ1) is 18.4. The molecule has 3 N–H and O–H groups in total. The first-order chi connectivity index (χ1) is 12.4. The van der Waals surface area contributed by atoms with Gasteiger partial charge in [-0.15, -0.1) is 0 Å². The minimum atomic E-state index is -1.01. The molecule has 0 radical (unpaired) electrons. The quantitative estimate of drug-likeness (QED) is 0.675. The van der Waals surface area contributed by atoms with Gasteiger partial charge in [-0.3, -0.25) is 4.79 Å². The van der Waals surface area contributed by atoms with E-state index in [-0.39, 0.29) is 18.9 Å². The Morgan fingerprint density at radius 2 is 2.15 bits per heavy atom. The Morgan fingerprint density at radius 3 is 2.85 bits per heavy atom. The van der Waals surface area contributed by atoms with Crippen molar-refractivity contribution in [3.63, 3.8) is 0 Å². The topological polar surface area (TPSA) is 118 Å². The van der Waals surface area contributed by atoms with Gasteiger partial charge in [-0.25, -0.2) is 4.79 Å². The number of aliphatic hydroxyl groups excluding tert-OH is 2. The molecule has 1 saturated heterocycles. The number of hydrogen-bond donors (Lipinski definition) is 3. The normalized spacial score (nSPS) is 25.8. The summed E-state index contributed by atoms with van der Waals surface area (Å²) in [5.41, 5.74) is 0.676. The molecule has 4 atom stereocenters. The predicted molar refractivity (Wildman–Crippen MR) is 91.8 cm³/mol. The highest BCUT2D eigenvalue weighted by molar-refractivity contribution is 5.81. The lowest BCUT2D eigenvalue weighted by molar-refractivity contribution is -0.202. The fraction of sp³-hybridized carbons (Fsp3) is 0.444. The van der Waals surface area contributed by atoms with Crippen LogP contribution in [0.3, 0.4) is 0 Å². The van der Waals surface area contributed by atoms with Crippen LogP contribution in [0.2, 0.25) is 0 Å². The van der Waals surface area contributed by atoms with Crippen molar-refractivity contribution in [2.75, 3.05) is 6.61 Å². The second-order valence-electron chi connectivity index (χ2n) is 6.36. The molecular weight excluding hydrogens is 342 g/mol. The number of carbonyl (C=O) groups excluding carboxylic acids is 1. The van der Waals surface area contributed by atoms with Gasteiger partial charge in [-0.2, -0.15) is 0 Å². The number of fused-ring (bicyclic) bond motifs is 1. The third kappa shape index (κ3) is 3.87. The summed E-state index contributed by atoms with van der Waals surface area (Å²) in [6.45, 7) is 2.85. The molecular formula is C18H21NO7. The van der Waals surface area contributed by atoms with Gasteiger partial charge in [0.05, 0.1) is 18.8 Å². The zero-order chi connectivity index (χ0) is 18.8. The molecule has 1 amide bonds. The first-order valence-corrected chi connectivity index (χ1v) is 8.30. The molecule has 0 bridgehead atoms. The number of aliphatic hydroxyl groups is 2. The Kier molecular flexibility index (Phi) is 5.26. The average molecular weight is 363 g/mol. The van der Waals surface area contributed by atoms with Crippen molar-refractivity contribution in [2.24, 2.45) is 0 Å². The summed E-state index contributed by atoms with van der Waals surface area (Å²) < 4.78 is 16.6. The van der Waals surface area contributed by atoms with Crippen molar-refractivity contribution in [1.29, 1.82) is 0 Å². The summed E-state index contributed by atoms with van der Waals surface area (Å²) in [4.78, 5) is 23.0. The monoisotopic (exact) mass is 363 g/mol. The second-order valence-corrected chi connectivity index (χ2v) is 6.36. The van der Waals surface area contributed by atoms with Gasteiger partial charge in [0.1, 0.15) is 17.4 Å². The van der Waals surface area contributed by atoms with Crippen LogP contribution < -0.4 is 15.7 Å². The summed E-state index contributed by atoms with van der Waals surface area (Å²) in [6, 6.07) is 5.59. The fourth-order valence-corrected chi connectivity index (χ4v) is 3.06. The van der Waals surface area contributed by atoms with Crippen LogP contribution in [-0.4, -0.2) is 47.3 Å². The lowest BCUT2D eigenvalue weighted by atomic mass is 10.00. The SMILES string of the molecule is CC(=O)N[C@H]1[C@H](Oc2ccc3c(C)cc(=O)oc3c2)OC(CO)C[C@@H]1O. The Hall–Kier alpha value is -2.42. The molecule has 2 aromatic rings. The number of amides is 1. The van der Waals surface area contributed by atoms with Crippen molar-refractivity contribution >= 4 is 16.9 Å². The van der Waals surface area contributed by atoms with Gasteiger partial charge >= 0.3 is 5.63 Å². The summed E-state index contributed by atoms with van der Waals surface area (Å²) in [6.07, 6.45) is -2.38. The van der Waals surface area contributed by atoms with E-state index in [0.717, 1.165) is 10.9 Å². The molecule has 1 aliphatic rings. The molecule has 8 nitrogen and oxygen atoms in total. The number of ether oxygens (including phenoxy) is 2. The van der Waals surface area contributed by atoms with Crippen LogP contribution in [0.25, 0.3) is 11.0 Å². The van der Waals surface area contributed by atoms with Gasteiger partial charge < -0.3 is 29.4 Å². The molecule has 0 saturated carbocycles. The summed E-state index contributed by atoms with van der Waals surface area (Å²) in [7, 11) is 0. The van der Waals surface area contributed by atoms with Crippen LogP contribution in [0.1, 0.15) is 18.9 Å². The number of carbonyl (C=O) groups is 1. The van der Waals surface area contributed by atoms with Gasteiger partial charge in [0.2, 0.25) is 12.2 Å². The van der Waals surface area contributed by atoms with E-state index < -0.39 is 30.2 Å². The number of aryl methyl sites for hydroxylation is 1. The van der Waals surface area contributed by atoms with Gasteiger partial charge in [-0.1, -0.05) is 0 Å². The van der Waals surface area contributed by atoms with Crippen molar-refractivity contribution in [2.45, 2.75) is 44.8 Å². The smallest absolute Gasteiger partial charge is 0.336 e. The van der Waals surface area contributed by atoms with Crippen molar-refractivity contribution in [1.82, 2.24) is 5.32 Å². The molecule has 140 valence electrons. The molecule has 26 heavy (non-hydrogen) atoms. The van der Waals surface area contributed by atoms with Crippen LogP contribution in [0.15, 0.2) is 33.5 Å². The van der Waals surface area contributed by atoms with E-state index in [0.29, 0.717) is 11.3 Å². The molecule has 1 aliphatic heterocycles. The molecule has 3 rings (SSSR count). The third-order valence-corrected chi connectivity index (χ3v) is 4.29. The van der Waals surface area contributed by atoms with Crippen molar-refractivity contribution in [3.05, 3.63) is 40.2 Å². The Bertz CT molecular complexity index is 862. The number of hydrogen-bond acceptors (Lipinski definition) is 7. The van der Waals surface area contributed by atoms with Crippen LogP contribution >= 0.6 is 0 Å². The zero-order valence-corrected chi connectivity index (χ0v) is 14.5. The maximum atomic E-state index is 11.6. The fourth-order valence-electron chi connectivity index (χ4n) is 3.06. The summed E-state index contributed by atoms with van der Waals surface area (Å²) in [5, 5.41) is 23.0. The van der Waals surface area contributed by atoms with Crippen molar-refractivity contribution < 1.29 is 28.9 Å². The molecule has 8 heteroatoms.